The van der Waals surface area contributed by atoms with Crippen molar-refractivity contribution < 1.29 is 78.9 Å². The smallest absolute Gasteiger partial charge is 0.545 e. The van der Waals surface area contributed by atoms with Crippen molar-refractivity contribution in [2.75, 3.05) is 0 Å². The number of hydrogen-bond donors (Lipinski definition) is 0. The van der Waals surface area contributed by atoms with Gasteiger partial charge in [0.1, 0.15) is 0 Å². The predicted molar refractivity (Wildman–Crippen MR) is 46.9 cm³/mol. The third-order valence-corrected chi connectivity index (χ3v) is 1.85. The van der Waals surface area contributed by atoms with Gasteiger partial charge in [-0.05, 0) is 12.8 Å². The first-order valence-corrected chi connectivity index (χ1v) is 4.72. The van der Waals surface area contributed by atoms with Crippen molar-refractivity contribution in [1.29, 1.82) is 0 Å². The Morgan fingerprint density at radius 1 is 1.00 bits per heavy atom. The summed E-state index contributed by atoms with van der Waals surface area (Å²) in [5, 5.41) is 20.5. The molecule has 0 amide bonds. The maximum Gasteiger partial charge on any atom is 1.00 e. The minimum Gasteiger partial charge on any atom is -0.545 e. The molecular weight excluding hydrogens is 230 g/mol. The first-order chi connectivity index (χ1) is 6.59. The van der Waals surface area contributed by atoms with E-state index >= 15 is 0 Å². The van der Waals surface area contributed by atoms with Gasteiger partial charge in [-0.1, -0.05) is 32.3 Å². The van der Waals surface area contributed by atoms with E-state index in [1.807, 2.05) is 0 Å². The zero-order chi connectivity index (χ0) is 11.0. The average molecular weight is 244 g/mol. The fourth-order valence-electron chi connectivity index (χ4n) is 1.07. The molecular formula is C10H14Na2O4. The van der Waals surface area contributed by atoms with E-state index in [2.05, 4.69) is 6.92 Å². The van der Waals surface area contributed by atoms with Crippen molar-refractivity contribution in [3.8, 4) is 0 Å². The van der Waals surface area contributed by atoms with Gasteiger partial charge < -0.3 is 19.8 Å². The number of carbonyl (C=O) groups is 2. The molecule has 80 valence electrons. The second-order valence-corrected chi connectivity index (χ2v) is 3.04. The summed E-state index contributed by atoms with van der Waals surface area (Å²) in [7, 11) is 0. The Hall–Kier alpha value is 0.680. The van der Waals surface area contributed by atoms with Gasteiger partial charge >= 0.3 is 59.1 Å². The molecule has 0 N–H and O–H groups in total. The van der Waals surface area contributed by atoms with Crippen LogP contribution >= 0.6 is 0 Å². The predicted octanol–water partition coefficient (Wildman–Crippen LogP) is -6.61. The molecule has 16 heavy (non-hydrogen) atoms. The van der Waals surface area contributed by atoms with Gasteiger partial charge in [-0.2, -0.15) is 0 Å². The van der Waals surface area contributed by atoms with Crippen LogP contribution in [0.25, 0.3) is 0 Å². The molecule has 0 aromatic carbocycles. The van der Waals surface area contributed by atoms with Crippen LogP contribution in [-0.2, 0) is 9.59 Å². The summed E-state index contributed by atoms with van der Waals surface area (Å²) in [5.74, 6) is -3.36. The Morgan fingerprint density at radius 3 is 1.88 bits per heavy atom. The Labute approximate surface area is 140 Å². The Kier molecular flexibility index (Phi) is 18.8. The summed E-state index contributed by atoms with van der Waals surface area (Å²) in [6.07, 6.45) is 5.51. The fourth-order valence-corrected chi connectivity index (χ4v) is 1.07. The van der Waals surface area contributed by atoms with Crippen LogP contribution in [0.5, 0.6) is 0 Å². The molecule has 0 spiro atoms. The molecule has 0 aromatic heterocycles. The van der Waals surface area contributed by atoms with Gasteiger partial charge in [0.2, 0.25) is 0 Å². The van der Waals surface area contributed by atoms with Crippen LogP contribution in [0, 0.1) is 0 Å². The van der Waals surface area contributed by atoms with Crippen LogP contribution in [-0.4, -0.2) is 11.9 Å². The summed E-state index contributed by atoms with van der Waals surface area (Å²) in [6.45, 7) is 2.06. The van der Waals surface area contributed by atoms with Gasteiger partial charge in [0.25, 0.3) is 0 Å². The third kappa shape index (κ3) is 11.2. The second kappa shape index (κ2) is 13.7. The summed E-state index contributed by atoms with van der Waals surface area (Å²) in [6, 6.07) is 0. The number of unbranched alkanes of at least 4 members (excludes halogenated alkanes) is 4. The third-order valence-electron chi connectivity index (χ3n) is 1.85. The van der Waals surface area contributed by atoms with Gasteiger partial charge in [-0.25, -0.2) is 0 Å². The van der Waals surface area contributed by atoms with Gasteiger partial charge in [0.05, 0.1) is 11.9 Å². The molecule has 0 saturated carbocycles. The second-order valence-electron chi connectivity index (χ2n) is 3.04. The van der Waals surface area contributed by atoms with Gasteiger partial charge in [0, 0.05) is 5.57 Å². The topological polar surface area (TPSA) is 80.3 Å². The fraction of sp³-hybridized carbons (Fsp3) is 0.600. The van der Waals surface area contributed by atoms with E-state index in [0.29, 0.717) is 6.42 Å². The zero-order valence-corrected chi connectivity index (χ0v) is 14.2. The van der Waals surface area contributed by atoms with E-state index in [9.17, 15) is 19.8 Å². The molecule has 0 atom stereocenters. The molecule has 0 heterocycles. The minimum absolute atomic E-state index is 0. The average Bonchev–Trinajstić information content (AvgIpc) is 2.09. The van der Waals surface area contributed by atoms with Crippen LogP contribution in [0.15, 0.2) is 11.6 Å². The maximum atomic E-state index is 10.3. The molecule has 0 rings (SSSR count). The van der Waals surface area contributed by atoms with Crippen LogP contribution < -0.4 is 69.3 Å². The number of aliphatic carboxylic acids is 2. The molecule has 0 aromatic rings. The van der Waals surface area contributed by atoms with Crippen molar-refractivity contribution in [1.82, 2.24) is 0 Å². The van der Waals surface area contributed by atoms with E-state index in [1.54, 1.807) is 0 Å². The van der Waals surface area contributed by atoms with Crippen LogP contribution in [0.1, 0.15) is 39.0 Å². The summed E-state index contributed by atoms with van der Waals surface area (Å²) >= 11 is 0. The first kappa shape index (κ1) is 21.9. The van der Waals surface area contributed by atoms with E-state index in [4.69, 9.17) is 0 Å². The van der Waals surface area contributed by atoms with Gasteiger partial charge in [0.15, 0.2) is 0 Å². The molecule has 0 aliphatic heterocycles. The Bertz CT molecular complexity index is 223. The molecule has 0 saturated heterocycles. The number of carboxylic acids is 2. The summed E-state index contributed by atoms with van der Waals surface area (Å²) < 4.78 is 0. The van der Waals surface area contributed by atoms with Crippen LogP contribution in [0.3, 0.4) is 0 Å². The van der Waals surface area contributed by atoms with Crippen molar-refractivity contribution in [2.24, 2.45) is 0 Å². The summed E-state index contributed by atoms with van der Waals surface area (Å²) in [4.78, 5) is 20.5. The molecule has 0 aliphatic carbocycles. The van der Waals surface area contributed by atoms with Crippen molar-refractivity contribution in [2.45, 2.75) is 39.0 Å². The molecule has 0 fully saturated rings. The zero-order valence-electron chi connectivity index (χ0n) is 10.2. The largest absolute Gasteiger partial charge is 1.00 e. The SMILES string of the molecule is CCCCCCC=C(C(=O)[O-])C(=O)[O-].[Na+].[Na+]. The molecule has 0 radical (unpaired) electrons. The van der Waals surface area contributed by atoms with E-state index in [1.165, 1.54) is 0 Å². The van der Waals surface area contributed by atoms with Gasteiger partial charge in [-0.15, -0.1) is 0 Å². The van der Waals surface area contributed by atoms with Crippen molar-refractivity contribution >= 4 is 11.9 Å². The standard InChI is InChI=1S/C10H16O4.2Na/c1-2-3-4-5-6-7-8(9(11)12)10(13)14;;/h7H,2-6H2,1H3,(H,11,12)(H,13,14);;/q;2*+1/p-2. The molecule has 0 aliphatic rings. The quantitative estimate of drug-likeness (QED) is 0.147. The summed E-state index contributed by atoms with van der Waals surface area (Å²) in [5.41, 5.74) is -0.749. The number of hydrogen-bond acceptors (Lipinski definition) is 4. The number of carboxylic acid groups (broad SMARTS) is 2. The maximum absolute atomic E-state index is 10.3. The van der Waals surface area contributed by atoms with Crippen LogP contribution in [0.2, 0.25) is 0 Å². The van der Waals surface area contributed by atoms with Crippen molar-refractivity contribution in [3.63, 3.8) is 0 Å². The van der Waals surface area contributed by atoms with Gasteiger partial charge in [-0.3, -0.25) is 0 Å². The molecule has 4 nitrogen and oxygen atoms in total. The van der Waals surface area contributed by atoms with E-state index < -0.39 is 17.5 Å². The normalized spacial score (nSPS) is 8.31. The van der Waals surface area contributed by atoms with E-state index in [0.717, 1.165) is 31.8 Å². The first-order valence-electron chi connectivity index (χ1n) is 4.72. The Balaban J connectivity index is -0.000000845. The minimum atomic E-state index is -1.68. The van der Waals surface area contributed by atoms with E-state index in [-0.39, 0.29) is 59.1 Å². The Morgan fingerprint density at radius 2 is 1.50 bits per heavy atom. The molecule has 0 bridgehead atoms. The van der Waals surface area contributed by atoms with Crippen LogP contribution in [0.4, 0.5) is 0 Å². The number of allylic oxidation sites excluding steroid dienone is 1. The molecule has 6 heteroatoms. The number of carbonyl (C=O) groups excluding carboxylic acids is 2. The monoisotopic (exact) mass is 244 g/mol. The number of rotatable bonds is 7. The van der Waals surface area contributed by atoms with Crippen molar-refractivity contribution in [3.05, 3.63) is 11.6 Å². The molecule has 0 unspecified atom stereocenters.